The summed E-state index contributed by atoms with van der Waals surface area (Å²) in [6, 6.07) is 7.75. The maximum Gasteiger partial charge on any atom is 0.407 e. The van der Waals surface area contributed by atoms with Crippen LogP contribution in [0.1, 0.15) is 83.6 Å². The Morgan fingerprint density at radius 3 is 2.50 bits per heavy atom. The van der Waals surface area contributed by atoms with Gasteiger partial charge in [0, 0.05) is 30.0 Å². The summed E-state index contributed by atoms with van der Waals surface area (Å²) in [5.74, 6) is 0.373. The summed E-state index contributed by atoms with van der Waals surface area (Å²) in [7, 11) is 1.61. The lowest BCUT2D eigenvalue weighted by atomic mass is 9.46. The molecule has 3 aliphatic carbocycles. The van der Waals surface area contributed by atoms with Crippen molar-refractivity contribution in [2.45, 2.75) is 103 Å². The van der Waals surface area contributed by atoms with Crippen molar-refractivity contribution in [3.05, 3.63) is 29.8 Å². The molecule has 6 atom stereocenters. The lowest BCUT2D eigenvalue weighted by Gasteiger charge is -2.60. The number of carbonyl (C=O) groups is 2. The van der Waals surface area contributed by atoms with E-state index in [0.717, 1.165) is 49.8 Å². The third kappa shape index (κ3) is 5.96. The molecule has 1 aromatic carbocycles. The Kier molecular flexibility index (Phi) is 9.24. The van der Waals surface area contributed by atoms with Gasteiger partial charge in [0.05, 0.1) is 19.8 Å². The molecule has 8 nitrogen and oxygen atoms in total. The van der Waals surface area contributed by atoms with E-state index in [2.05, 4.69) is 17.6 Å². The molecule has 2 amide bonds. The van der Waals surface area contributed by atoms with E-state index in [1.54, 1.807) is 7.11 Å². The number of carbonyl (C=O) groups excluding carboxylic acids is 2. The fourth-order valence-corrected chi connectivity index (χ4v) is 7.67. The van der Waals surface area contributed by atoms with Gasteiger partial charge >= 0.3 is 6.09 Å². The quantitative estimate of drug-likeness (QED) is 0.398. The summed E-state index contributed by atoms with van der Waals surface area (Å²) in [5.41, 5.74) is -0.117. The van der Waals surface area contributed by atoms with Crippen LogP contribution >= 0.6 is 0 Å². The molecule has 1 unspecified atom stereocenters. The fraction of sp³-hybridized carbons (Fsp3) is 0.733. The second-order valence-electron chi connectivity index (χ2n) is 12.2. The van der Waals surface area contributed by atoms with Gasteiger partial charge in [-0.2, -0.15) is 0 Å². The van der Waals surface area contributed by atoms with E-state index in [1.165, 1.54) is 6.42 Å². The highest BCUT2D eigenvalue weighted by atomic mass is 16.6. The number of fused-ring (bicyclic) bond motifs is 1. The number of nitrogens with one attached hydrogen (secondary N) is 2. The summed E-state index contributed by atoms with van der Waals surface area (Å²) in [5, 5.41) is 27.8. The van der Waals surface area contributed by atoms with Crippen molar-refractivity contribution in [2.24, 2.45) is 22.7 Å². The van der Waals surface area contributed by atoms with E-state index >= 15 is 0 Å². The Morgan fingerprint density at radius 2 is 1.79 bits per heavy atom. The minimum absolute atomic E-state index is 0.0108. The molecule has 0 aliphatic heterocycles. The van der Waals surface area contributed by atoms with E-state index in [9.17, 15) is 19.8 Å². The molecule has 0 radical (unpaired) electrons. The fourth-order valence-electron chi connectivity index (χ4n) is 7.67. The van der Waals surface area contributed by atoms with Gasteiger partial charge in [-0.3, -0.25) is 4.79 Å². The van der Waals surface area contributed by atoms with Crippen molar-refractivity contribution in [1.29, 1.82) is 0 Å². The Hall–Kier alpha value is -2.32. The van der Waals surface area contributed by atoms with Crippen LogP contribution in [0.25, 0.3) is 0 Å². The average molecular weight is 531 g/mol. The van der Waals surface area contributed by atoms with Crippen LogP contribution in [0.3, 0.4) is 0 Å². The number of hydrogen-bond donors (Lipinski definition) is 4. The molecular weight excluding hydrogens is 484 g/mol. The molecule has 0 aromatic heterocycles. The van der Waals surface area contributed by atoms with Crippen LogP contribution in [0.4, 0.5) is 4.79 Å². The van der Waals surface area contributed by atoms with Gasteiger partial charge in [-0.05, 0) is 61.8 Å². The van der Waals surface area contributed by atoms with Gasteiger partial charge in [0.25, 0.3) is 0 Å². The summed E-state index contributed by atoms with van der Waals surface area (Å²) >= 11 is 0. The molecule has 1 aromatic rings. The van der Waals surface area contributed by atoms with Crippen molar-refractivity contribution >= 4 is 12.0 Å². The zero-order chi connectivity index (χ0) is 27.3. The first kappa shape index (κ1) is 28.7. The molecular formula is C30H46N2O6. The third-order valence-corrected chi connectivity index (χ3v) is 9.93. The number of benzene rings is 1. The van der Waals surface area contributed by atoms with Crippen LogP contribution in [0.15, 0.2) is 24.3 Å². The van der Waals surface area contributed by atoms with Crippen molar-refractivity contribution in [1.82, 2.24) is 10.6 Å². The smallest absolute Gasteiger partial charge is 0.407 e. The number of ether oxygens (including phenoxy) is 2. The van der Waals surface area contributed by atoms with E-state index < -0.39 is 23.7 Å². The molecule has 212 valence electrons. The monoisotopic (exact) mass is 530 g/mol. The zero-order valence-corrected chi connectivity index (χ0v) is 23.2. The van der Waals surface area contributed by atoms with Crippen molar-refractivity contribution in [3.8, 4) is 5.75 Å². The Balaban J connectivity index is 1.42. The van der Waals surface area contributed by atoms with Crippen LogP contribution in [-0.4, -0.2) is 54.2 Å². The van der Waals surface area contributed by atoms with Crippen LogP contribution < -0.4 is 15.4 Å². The number of methoxy groups -OCH3 is 1. The van der Waals surface area contributed by atoms with Gasteiger partial charge in [-0.15, -0.1) is 0 Å². The topological polar surface area (TPSA) is 117 Å². The van der Waals surface area contributed by atoms with Crippen LogP contribution in [0.5, 0.6) is 5.75 Å². The number of hydrogen-bond acceptors (Lipinski definition) is 6. The van der Waals surface area contributed by atoms with Gasteiger partial charge in [-0.25, -0.2) is 4.79 Å². The summed E-state index contributed by atoms with van der Waals surface area (Å²) in [6.07, 6.45) is 6.82. The van der Waals surface area contributed by atoms with Crippen molar-refractivity contribution in [3.63, 3.8) is 0 Å². The first-order valence-electron chi connectivity index (χ1n) is 14.4. The normalized spacial score (nSPS) is 33.6. The maximum atomic E-state index is 13.1. The third-order valence-electron chi connectivity index (χ3n) is 9.93. The standard InChI is InChI=1S/C30H46N2O6/c1-29-16-15-26(38-28(36)32-21-10-5-4-6-11-21)30(2,19-33)25(29)14-13-23(34)22(29)17-27(35)31-18-20-9-7-8-12-24(20)37-3/h7-9,12,21-23,25-26,33-34H,4-6,10-11,13-19H2,1-3H3,(H,31,35)(H,32,36)/t22-,23-,25?,26-,29+,30+/m1/s1. The number of aliphatic hydroxyl groups is 2. The highest BCUT2D eigenvalue weighted by Gasteiger charge is 2.60. The second-order valence-corrected chi connectivity index (χ2v) is 12.2. The van der Waals surface area contributed by atoms with Crippen LogP contribution in [0, 0.1) is 22.7 Å². The van der Waals surface area contributed by atoms with E-state index in [1.807, 2.05) is 31.2 Å². The summed E-state index contributed by atoms with van der Waals surface area (Å²) in [4.78, 5) is 25.9. The highest BCUT2D eigenvalue weighted by molar-refractivity contribution is 5.76. The molecule has 0 bridgehead atoms. The van der Waals surface area contributed by atoms with E-state index in [4.69, 9.17) is 9.47 Å². The molecule has 4 N–H and O–H groups in total. The molecule has 38 heavy (non-hydrogen) atoms. The van der Waals surface area contributed by atoms with Gasteiger partial charge in [0.2, 0.25) is 5.91 Å². The predicted octanol–water partition coefficient (Wildman–Crippen LogP) is 4.31. The highest BCUT2D eigenvalue weighted by Crippen LogP contribution is 2.61. The lowest BCUT2D eigenvalue weighted by Crippen LogP contribution is -2.61. The van der Waals surface area contributed by atoms with Crippen LogP contribution in [-0.2, 0) is 16.1 Å². The minimum Gasteiger partial charge on any atom is -0.496 e. The number of rotatable bonds is 8. The van der Waals surface area contributed by atoms with Gasteiger partial charge in [0.1, 0.15) is 11.9 Å². The molecule has 4 rings (SSSR count). The number of amides is 2. The minimum atomic E-state index is -0.650. The molecule has 0 heterocycles. The first-order chi connectivity index (χ1) is 18.2. The molecule has 0 spiro atoms. The Morgan fingerprint density at radius 1 is 1.05 bits per heavy atom. The van der Waals surface area contributed by atoms with E-state index in [0.29, 0.717) is 19.4 Å². The molecule has 3 fully saturated rings. The lowest BCUT2D eigenvalue weighted by molar-refractivity contribution is -0.186. The zero-order valence-electron chi connectivity index (χ0n) is 23.2. The van der Waals surface area contributed by atoms with Gasteiger partial charge in [-0.1, -0.05) is 51.3 Å². The maximum absolute atomic E-state index is 13.1. The average Bonchev–Trinajstić information content (AvgIpc) is 2.92. The SMILES string of the molecule is COc1ccccc1CNC(=O)C[C@@H]1[C@H](O)CCC2[C@](C)(CO)[C@H](OC(=O)NC3CCCCC3)CC[C@]21C. The molecule has 3 aliphatic rings. The Labute approximate surface area is 226 Å². The van der Waals surface area contributed by atoms with Gasteiger partial charge in [0.15, 0.2) is 0 Å². The van der Waals surface area contributed by atoms with Crippen molar-refractivity contribution in [2.75, 3.05) is 13.7 Å². The molecule has 3 saturated carbocycles. The van der Waals surface area contributed by atoms with E-state index in [-0.39, 0.29) is 42.2 Å². The number of alkyl carbamates (subject to hydrolysis) is 1. The predicted molar refractivity (Wildman–Crippen MR) is 144 cm³/mol. The van der Waals surface area contributed by atoms with Crippen LogP contribution in [0.2, 0.25) is 0 Å². The van der Waals surface area contributed by atoms with Crippen molar-refractivity contribution < 1.29 is 29.3 Å². The summed E-state index contributed by atoms with van der Waals surface area (Å²) < 4.78 is 11.4. The van der Waals surface area contributed by atoms with Gasteiger partial charge < -0.3 is 30.3 Å². The molecule has 8 heteroatoms. The first-order valence-corrected chi connectivity index (χ1v) is 14.4. The largest absolute Gasteiger partial charge is 0.496 e. The number of para-hydroxylation sites is 1. The number of aliphatic hydroxyl groups excluding tert-OH is 2. The second kappa shape index (κ2) is 12.2. The Bertz CT molecular complexity index is 966. The summed E-state index contributed by atoms with van der Waals surface area (Å²) in [6.45, 7) is 4.39. The molecule has 0 saturated heterocycles.